The molecule has 0 aliphatic rings. The Kier molecular flexibility index (Phi) is 6.32. The number of nitrogens with zero attached hydrogens (tertiary/aromatic N) is 3. The molecule has 30 heavy (non-hydrogen) atoms. The number of thioether (sulfide) groups is 1. The number of aliphatic hydroxyl groups excluding tert-OH is 1. The molecule has 0 aliphatic heterocycles. The number of hydrogen-bond donors (Lipinski definition) is 3. The highest BCUT2D eigenvalue weighted by Crippen LogP contribution is 2.26. The van der Waals surface area contributed by atoms with Crippen LogP contribution in [-0.4, -0.2) is 53.2 Å². The first kappa shape index (κ1) is 21.7. The Bertz CT molecular complexity index is 1200. The molecule has 2 atom stereocenters. The Morgan fingerprint density at radius 2 is 2.03 bits per heavy atom. The van der Waals surface area contributed by atoms with Gasteiger partial charge in [0.25, 0.3) is 5.56 Å². The van der Waals surface area contributed by atoms with E-state index in [1.54, 1.807) is 6.07 Å². The van der Waals surface area contributed by atoms with Crippen molar-refractivity contribution in [3.8, 4) is 5.75 Å². The third-order valence-electron chi connectivity index (χ3n) is 4.52. The van der Waals surface area contributed by atoms with Crippen LogP contribution in [-0.2, 0) is 18.4 Å². The molecule has 160 valence electrons. The zero-order valence-corrected chi connectivity index (χ0v) is 17.5. The Morgan fingerprint density at radius 3 is 2.70 bits per heavy atom. The first-order chi connectivity index (χ1) is 14.2. The van der Waals surface area contributed by atoms with Crippen LogP contribution in [0, 0.1) is 6.92 Å². The molecule has 10 nitrogen and oxygen atoms in total. The Hall–Kier alpha value is -3.05. The second-order valence-corrected chi connectivity index (χ2v) is 8.13. The SMILES string of the molecule is Cc1ccccc1OC[C@H](O)Cn1c(S[C@H](C)C(=O)O)nc2c1c(=O)[nH]c(=O)n2C. The molecule has 0 radical (unpaired) electrons. The quantitative estimate of drug-likeness (QED) is 0.441. The van der Waals surface area contributed by atoms with E-state index >= 15 is 0 Å². The number of carboxylic acids is 1. The number of fused-ring (bicyclic) bond motifs is 1. The maximum Gasteiger partial charge on any atom is 0.329 e. The van der Waals surface area contributed by atoms with E-state index in [1.165, 1.54) is 23.1 Å². The number of para-hydroxylation sites is 1. The summed E-state index contributed by atoms with van der Waals surface area (Å²) in [6.45, 7) is 3.25. The Morgan fingerprint density at radius 1 is 1.33 bits per heavy atom. The van der Waals surface area contributed by atoms with Gasteiger partial charge in [0.1, 0.15) is 23.7 Å². The summed E-state index contributed by atoms with van der Waals surface area (Å²) in [5.74, 6) is -0.425. The molecule has 11 heteroatoms. The topological polar surface area (TPSA) is 139 Å². The Labute approximate surface area is 175 Å². The van der Waals surface area contributed by atoms with Crippen LogP contribution in [0.15, 0.2) is 39.0 Å². The molecule has 3 rings (SSSR count). The van der Waals surface area contributed by atoms with Crippen molar-refractivity contribution in [1.29, 1.82) is 0 Å². The zero-order chi connectivity index (χ0) is 22.0. The number of carbonyl (C=O) groups is 1. The minimum Gasteiger partial charge on any atom is -0.491 e. The van der Waals surface area contributed by atoms with E-state index in [2.05, 4.69) is 9.97 Å². The largest absolute Gasteiger partial charge is 0.491 e. The normalized spacial score (nSPS) is 13.3. The van der Waals surface area contributed by atoms with Crippen molar-refractivity contribution in [3.63, 3.8) is 0 Å². The summed E-state index contributed by atoms with van der Waals surface area (Å²) in [5.41, 5.74) is -0.204. The van der Waals surface area contributed by atoms with Gasteiger partial charge in [0.05, 0.1) is 6.54 Å². The summed E-state index contributed by atoms with van der Waals surface area (Å²) in [7, 11) is 1.45. The third kappa shape index (κ3) is 4.41. The standard InChI is InChI=1S/C19H22N4O6S/c1-10-6-4-5-7-13(10)29-9-12(24)8-23-14-15(22(3)18(28)21-16(14)25)20-19(23)30-11(2)17(26)27/h4-7,11-12,24H,8-9H2,1-3H3,(H,26,27)(H,21,25,28)/t11-,12-/m1/s1. The van der Waals surface area contributed by atoms with E-state index in [0.29, 0.717) is 5.75 Å². The van der Waals surface area contributed by atoms with Crippen LogP contribution in [0.3, 0.4) is 0 Å². The van der Waals surface area contributed by atoms with Crippen molar-refractivity contribution in [3.05, 3.63) is 50.7 Å². The fraction of sp³-hybridized carbons (Fsp3) is 0.368. The van der Waals surface area contributed by atoms with E-state index in [-0.39, 0.29) is 29.5 Å². The second-order valence-electron chi connectivity index (χ2n) is 6.82. The van der Waals surface area contributed by atoms with Crippen LogP contribution in [0.2, 0.25) is 0 Å². The van der Waals surface area contributed by atoms with Gasteiger partial charge in [-0.05, 0) is 25.5 Å². The maximum absolute atomic E-state index is 12.4. The molecule has 0 saturated heterocycles. The molecule has 2 aromatic heterocycles. The maximum atomic E-state index is 12.4. The number of rotatable bonds is 8. The highest BCUT2D eigenvalue weighted by Gasteiger charge is 2.23. The molecule has 3 aromatic rings. The lowest BCUT2D eigenvalue weighted by atomic mass is 10.2. The number of aromatic amines is 1. The molecule has 0 bridgehead atoms. The van der Waals surface area contributed by atoms with Gasteiger partial charge in [0, 0.05) is 7.05 Å². The van der Waals surface area contributed by atoms with E-state index in [0.717, 1.165) is 17.3 Å². The van der Waals surface area contributed by atoms with Crippen molar-refractivity contribution < 1.29 is 19.7 Å². The summed E-state index contributed by atoms with van der Waals surface area (Å²) in [6, 6.07) is 7.36. The Balaban J connectivity index is 1.95. The van der Waals surface area contributed by atoms with Crippen molar-refractivity contribution in [2.45, 2.75) is 36.9 Å². The number of aliphatic carboxylic acids is 1. The van der Waals surface area contributed by atoms with Crippen LogP contribution >= 0.6 is 11.8 Å². The molecule has 0 saturated carbocycles. The number of imidazole rings is 1. The molecular formula is C19H22N4O6S. The van der Waals surface area contributed by atoms with Gasteiger partial charge in [-0.2, -0.15) is 0 Å². The van der Waals surface area contributed by atoms with Crippen LogP contribution in [0.4, 0.5) is 0 Å². The highest BCUT2D eigenvalue weighted by molar-refractivity contribution is 8.00. The minimum atomic E-state index is -1.05. The molecule has 0 unspecified atom stereocenters. The van der Waals surface area contributed by atoms with Gasteiger partial charge < -0.3 is 19.5 Å². The van der Waals surface area contributed by atoms with Crippen molar-refractivity contribution >= 4 is 28.9 Å². The van der Waals surface area contributed by atoms with Gasteiger partial charge in [-0.15, -0.1) is 0 Å². The number of nitrogens with one attached hydrogen (secondary N) is 1. The lowest BCUT2D eigenvalue weighted by Crippen LogP contribution is -2.31. The summed E-state index contributed by atoms with van der Waals surface area (Å²) >= 11 is 0.918. The van der Waals surface area contributed by atoms with Crippen LogP contribution < -0.4 is 16.0 Å². The number of benzene rings is 1. The first-order valence-corrected chi connectivity index (χ1v) is 10.0. The average Bonchev–Trinajstić information content (AvgIpc) is 3.04. The molecule has 0 spiro atoms. The predicted octanol–water partition coefficient (Wildman–Crippen LogP) is 0.737. The van der Waals surface area contributed by atoms with E-state index in [9.17, 15) is 24.6 Å². The van der Waals surface area contributed by atoms with Gasteiger partial charge in [-0.25, -0.2) is 9.78 Å². The second kappa shape index (κ2) is 8.76. The number of aromatic nitrogens is 4. The fourth-order valence-corrected chi connectivity index (χ4v) is 3.70. The highest BCUT2D eigenvalue weighted by atomic mass is 32.2. The summed E-state index contributed by atoms with van der Waals surface area (Å²) in [6.07, 6.45) is -1.02. The average molecular weight is 434 g/mol. The molecular weight excluding hydrogens is 412 g/mol. The molecule has 2 heterocycles. The van der Waals surface area contributed by atoms with Crippen molar-refractivity contribution in [2.75, 3.05) is 6.61 Å². The van der Waals surface area contributed by atoms with Gasteiger partial charge in [0.15, 0.2) is 16.3 Å². The van der Waals surface area contributed by atoms with Crippen LogP contribution in [0.1, 0.15) is 12.5 Å². The van der Waals surface area contributed by atoms with Crippen LogP contribution in [0.5, 0.6) is 5.75 Å². The van der Waals surface area contributed by atoms with Gasteiger partial charge in [0.2, 0.25) is 0 Å². The minimum absolute atomic E-state index is 0.0488. The molecule has 0 fully saturated rings. The van der Waals surface area contributed by atoms with Crippen LogP contribution in [0.25, 0.3) is 11.2 Å². The van der Waals surface area contributed by atoms with E-state index in [1.807, 2.05) is 25.1 Å². The van der Waals surface area contributed by atoms with Crippen molar-refractivity contribution in [1.82, 2.24) is 19.1 Å². The lowest BCUT2D eigenvalue weighted by molar-refractivity contribution is -0.136. The van der Waals surface area contributed by atoms with E-state index in [4.69, 9.17) is 4.74 Å². The summed E-state index contributed by atoms with van der Waals surface area (Å²) in [4.78, 5) is 42.1. The molecule has 1 aromatic carbocycles. The first-order valence-electron chi connectivity index (χ1n) is 9.14. The summed E-state index contributed by atoms with van der Waals surface area (Å²) < 4.78 is 8.25. The summed E-state index contributed by atoms with van der Waals surface area (Å²) in [5, 5.41) is 19.1. The number of ether oxygens (including phenoxy) is 1. The zero-order valence-electron chi connectivity index (χ0n) is 16.7. The number of carboxylic acid groups (broad SMARTS) is 1. The monoisotopic (exact) mass is 434 g/mol. The van der Waals surface area contributed by atoms with Gasteiger partial charge in [-0.3, -0.25) is 19.1 Å². The lowest BCUT2D eigenvalue weighted by Gasteiger charge is -2.16. The number of H-pyrrole nitrogens is 1. The molecule has 0 amide bonds. The fourth-order valence-electron chi connectivity index (χ4n) is 2.85. The third-order valence-corrected chi connectivity index (χ3v) is 5.60. The van der Waals surface area contributed by atoms with Gasteiger partial charge >= 0.3 is 11.7 Å². The predicted molar refractivity (Wildman–Crippen MR) is 111 cm³/mol. The van der Waals surface area contributed by atoms with Crippen molar-refractivity contribution in [2.24, 2.45) is 7.05 Å². The van der Waals surface area contributed by atoms with Gasteiger partial charge in [-0.1, -0.05) is 30.0 Å². The van der Waals surface area contributed by atoms with E-state index < -0.39 is 28.6 Å². The number of hydrogen-bond acceptors (Lipinski definition) is 7. The number of aryl methyl sites for hydroxylation is 2. The number of aliphatic hydroxyl groups is 1. The molecule has 3 N–H and O–H groups in total. The smallest absolute Gasteiger partial charge is 0.329 e. The molecule has 0 aliphatic carbocycles.